The van der Waals surface area contributed by atoms with Crippen molar-refractivity contribution in [2.24, 2.45) is 17.3 Å². The summed E-state index contributed by atoms with van der Waals surface area (Å²) in [6.45, 7) is 0. The molecular formula is C16H26N2O2. The van der Waals surface area contributed by atoms with Crippen LogP contribution >= 0.6 is 0 Å². The van der Waals surface area contributed by atoms with Gasteiger partial charge >= 0.3 is 0 Å². The number of carbonyl (C=O) groups excluding carboxylic acids is 2. The maximum atomic E-state index is 12.3. The Morgan fingerprint density at radius 3 is 2.20 bits per heavy atom. The Balaban J connectivity index is 1.74. The summed E-state index contributed by atoms with van der Waals surface area (Å²) in [6.07, 6.45) is 9.94. The molecule has 2 aliphatic carbocycles. The Kier molecular flexibility index (Phi) is 3.61. The highest BCUT2D eigenvalue weighted by atomic mass is 16.2. The quantitative estimate of drug-likeness (QED) is 0.692. The number of imide groups is 1. The highest BCUT2D eigenvalue weighted by Crippen LogP contribution is 2.53. The molecule has 0 N–H and O–H groups in total. The van der Waals surface area contributed by atoms with E-state index in [1.807, 2.05) is 0 Å². The molecule has 0 radical (unpaired) electrons. The smallest absolute Gasteiger partial charge is 0.244 e. The topological polar surface area (TPSA) is 40.6 Å². The van der Waals surface area contributed by atoms with Crippen LogP contribution in [0.15, 0.2) is 0 Å². The fourth-order valence-corrected chi connectivity index (χ4v) is 4.84. The van der Waals surface area contributed by atoms with Gasteiger partial charge in [-0.05, 0) is 36.5 Å². The zero-order valence-corrected chi connectivity index (χ0v) is 12.7. The van der Waals surface area contributed by atoms with Gasteiger partial charge in [0.2, 0.25) is 11.8 Å². The minimum Gasteiger partial charge on any atom is -0.273 e. The summed E-state index contributed by atoms with van der Waals surface area (Å²) >= 11 is 0. The summed E-state index contributed by atoms with van der Waals surface area (Å²) in [5.74, 6) is 1.64. The predicted molar refractivity (Wildman–Crippen MR) is 76.5 cm³/mol. The van der Waals surface area contributed by atoms with E-state index >= 15 is 0 Å². The first-order valence-corrected chi connectivity index (χ1v) is 8.04. The third kappa shape index (κ3) is 2.39. The Hall–Kier alpha value is -0.900. The summed E-state index contributed by atoms with van der Waals surface area (Å²) < 4.78 is 0. The SMILES string of the molecule is CN(C)N1C(=O)CC2(CC[C@@H]3CCCC[C@H]3C2)CC1=O. The summed E-state index contributed by atoms with van der Waals surface area (Å²) in [6, 6.07) is 0. The Labute approximate surface area is 121 Å². The third-order valence-electron chi connectivity index (χ3n) is 5.73. The molecule has 0 unspecified atom stereocenters. The normalized spacial score (nSPS) is 33.6. The molecular weight excluding hydrogens is 252 g/mol. The Morgan fingerprint density at radius 2 is 1.60 bits per heavy atom. The highest BCUT2D eigenvalue weighted by Gasteiger charge is 2.48. The number of fused-ring (bicyclic) bond motifs is 1. The number of carbonyl (C=O) groups is 2. The molecule has 20 heavy (non-hydrogen) atoms. The standard InChI is InChI=1S/C16H26N2O2/c1-17(2)18-14(19)10-16(11-15(18)20)8-7-12-5-3-4-6-13(12)9-16/h12-13H,3-11H2,1-2H3/t12-,13-/m0/s1. The number of hydrazine groups is 1. The number of hydrogen-bond donors (Lipinski definition) is 0. The van der Waals surface area contributed by atoms with Crippen molar-refractivity contribution in [1.82, 2.24) is 10.0 Å². The van der Waals surface area contributed by atoms with Crippen molar-refractivity contribution in [1.29, 1.82) is 0 Å². The van der Waals surface area contributed by atoms with E-state index in [-0.39, 0.29) is 17.2 Å². The van der Waals surface area contributed by atoms with Crippen molar-refractivity contribution >= 4 is 11.8 Å². The summed E-state index contributed by atoms with van der Waals surface area (Å²) in [5.41, 5.74) is -0.0147. The van der Waals surface area contributed by atoms with E-state index in [1.54, 1.807) is 19.1 Å². The van der Waals surface area contributed by atoms with Crippen molar-refractivity contribution < 1.29 is 9.59 Å². The van der Waals surface area contributed by atoms with Crippen LogP contribution in [0.2, 0.25) is 0 Å². The van der Waals surface area contributed by atoms with Gasteiger partial charge in [0, 0.05) is 26.9 Å². The maximum absolute atomic E-state index is 12.3. The molecule has 0 bridgehead atoms. The summed E-state index contributed by atoms with van der Waals surface area (Å²) in [5, 5.41) is 2.96. The zero-order valence-electron chi connectivity index (χ0n) is 12.7. The second-order valence-electron chi connectivity index (χ2n) is 7.35. The molecule has 1 saturated heterocycles. The third-order valence-corrected chi connectivity index (χ3v) is 5.73. The molecule has 0 aromatic heterocycles. The molecule has 1 heterocycles. The fraction of sp³-hybridized carbons (Fsp3) is 0.875. The van der Waals surface area contributed by atoms with Crippen molar-refractivity contribution in [3.8, 4) is 0 Å². The van der Waals surface area contributed by atoms with E-state index in [4.69, 9.17) is 0 Å². The molecule has 3 rings (SSSR count). The molecule has 112 valence electrons. The number of rotatable bonds is 1. The molecule has 0 aromatic carbocycles. The lowest BCUT2D eigenvalue weighted by molar-refractivity contribution is -0.172. The first-order valence-electron chi connectivity index (χ1n) is 8.04. The molecule has 2 atom stereocenters. The van der Waals surface area contributed by atoms with Gasteiger partial charge in [-0.3, -0.25) is 9.59 Å². The van der Waals surface area contributed by atoms with Gasteiger partial charge in [0.1, 0.15) is 0 Å². The Morgan fingerprint density at radius 1 is 1.00 bits per heavy atom. The van der Waals surface area contributed by atoms with E-state index in [0.717, 1.165) is 24.7 Å². The summed E-state index contributed by atoms with van der Waals surface area (Å²) in [7, 11) is 3.54. The molecule has 3 aliphatic rings. The van der Waals surface area contributed by atoms with Crippen LogP contribution in [0.5, 0.6) is 0 Å². The van der Waals surface area contributed by atoms with Crippen LogP contribution in [-0.4, -0.2) is 35.9 Å². The van der Waals surface area contributed by atoms with E-state index in [1.165, 1.54) is 37.1 Å². The van der Waals surface area contributed by atoms with E-state index in [9.17, 15) is 9.59 Å². The van der Waals surface area contributed by atoms with Crippen molar-refractivity contribution in [3.63, 3.8) is 0 Å². The second kappa shape index (κ2) is 5.14. The van der Waals surface area contributed by atoms with Crippen LogP contribution in [0.25, 0.3) is 0 Å². The average Bonchev–Trinajstić information content (AvgIpc) is 2.37. The fourth-order valence-electron chi connectivity index (χ4n) is 4.84. The largest absolute Gasteiger partial charge is 0.273 e. The minimum absolute atomic E-state index is 0.000472. The Bertz CT molecular complexity index is 401. The van der Waals surface area contributed by atoms with E-state index in [2.05, 4.69) is 0 Å². The maximum Gasteiger partial charge on any atom is 0.244 e. The molecule has 4 heteroatoms. The second-order valence-corrected chi connectivity index (χ2v) is 7.35. The minimum atomic E-state index is -0.0147. The van der Waals surface area contributed by atoms with Gasteiger partial charge in [0.15, 0.2) is 0 Å². The average molecular weight is 278 g/mol. The van der Waals surface area contributed by atoms with Crippen molar-refractivity contribution in [2.75, 3.05) is 14.1 Å². The van der Waals surface area contributed by atoms with Gasteiger partial charge in [-0.15, -0.1) is 0 Å². The monoisotopic (exact) mass is 278 g/mol. The van der Waals surface area contributed by atoms with Crippen LogP contribution in [0.1, 0.15) is 57.8 Å². The molecule has 2 amide bonds. The first-order chi connectivity index (χ1) is 9.51. The molecule has 1 aliphatic heterocycles. The van der Waals surface area contributed by atoms with Crippen LogP contribution in [0.3, 0.4) is 0 Å². The first kappa shape index (κ1) is 14.1. The number of piperidine rings is 1. The lowest BCUT2D eigenvalue weighted by Crippen LogP contribution is -2.54. The van der Waals surface area contributed by atoms with E-state index in [0.29, 0.717) is 12.8 Å². The van der Waals surface area contributed by atoms with Gasteiger partial charge < -0.3 is 0 Å². The highest BCUT2D eigenvalue weighted by molar-refractivity contribution is 5.97. The molecule has 0 aromatic rings. The zero-order chi connectivity index (χ0) is 14.3. The van der Waals surface area contributed by atoms with Gasteiger partial charge in [0.05, 0.1) is 0 Å². The van der Waals surface area contributed by atoms with Crippen LogP contribution in [0, 0.1) is 17.3 Å². The molecule has 3 fully saturated rings. The van der Waals surface area contributed by atoms with Gasteiger partial charge in [-0.2, -0.15) is 0 Å². The van der Waals surface area contributed by atoms with Crippen LogP contribution in [0.4, 0.5) is 0 Å². The molecule has 4 nitrogen and oxygen atoms in total. The van der Waals surface area contributed by atoms with Crippen molar-refractivity contribution in [2.45, 2.75) is 57.8 Å². The number of nitrogens with zero attached hydrogens (tertiary/aromatic N) is 2. The lowest BCUT2D eigenvalue weighted by Gasteiger charge is -2.49. The van der Waals surface area contributed by atoms with Crippen LogP contribution < -0.4 is 0 Å². The number of hydrogen-bond acceptors (Lipinski definition) is 3. The number of amides is 2. The summed E-state index contributed by atoms with van der Waals surface area (Å²) in [4.78, 5) is 24.7. The lowest BCUT2D eigenvalue weighted by atomic mass is 9.58. The predicted octanol–water partition coefficient (Wildman–Crippen LogP) is 2.59. The van der Waals surface area contributed by atoms with Gasteiger partial charge in [-0.1, -0.05) is 25.7 Å². The van der Waals surface area contributed by atoms with Gasteiger partial charge in [-0.25, -0.2) is 10.0 Å². The van der Waals surface area contributed by atoms with E-state index < -0.39 is 0 Å². The molecule has 2 saturated carbocycles. The van der Waals surface area contributed by atoms with Gasteiger partial charge in [0.25, 0.3) is 0 Å². The van der Waals surface area contributed by atoms with Crippen molar-refractivity contribution in [3.05, 3.63) is 0 Å². The van der Waals surface area contributed by atoms with Crippen LogP contribution in [-0.2, 0) is 9.59 Å². The molecule has 1 spiro atoms.